The fraction of sp³-hybridized carbons (Fsp3) is 0.381. The third-order valence-corrected chi connectivity index (χ3v) is 3.81. The number of carbonyl (C=O) groups is 1. The number of aldehydes is 1. The van der Waals surface area contributed by atoms with Crippen molar-refractivity contribution in [2.24, 2.45) is 5.92 Å². The van der Waals surface area contributed by atoms with Gasteiger partial charge in [-0.05, 0) is 67.0 Å². The molecular formula is C21H26O2. The molecule has 0 saturated carbocycles. The second kappa shape index (κ2) is 9.14. The molecule has 0 saturated heterocycles. The second-order valence-corrected chi connectivity index (χ2v) is 6.41. The monoisotopic (exact) mass is 310 g/mol. The lowest BCUT2D eigenvalue weighted by Crippen LogP contribution is -1.99. The summed E-state index contributed by atoms with van der Waals surface area (Å²) < 4.78 is 5.69. The number of hydrogen-bond donors (Lipinski definition) is 0. The van der Waals surface area contributed by atoms with Crippen LogP contribution < -0.4 is 4.74 Å². The predicted octanol–water partition coefficient (Wildman–Crippen LogP) is 5.10. The third kappa shape index (κ3) is 6.27. The number of rotatable bonds is 9. The minimum absolute atomic E-state index is 0.679. The summed E-state index contributed by atoms with van der Waals surface area (Å²) in [4.78, 5) is 10.6. The maximum Gasteiger partial charge on any atom is 0.150 e. The van der Waals surface area contributed by atoms with E-state index in [1.54, 1.807) is 12.1 Å². The van der Waals surface area contributed by atoms with Crippen LogP contribution in [0, 0.1) is 5.92 Å². The molecule has 2 aromatic rings. The van der Waals surface area contributed by atoms with Gasteiger partial charge in [0.2, 0.25) is 0 Å². The van der Waals surface area contributed by atoms with Crippen molar-refractivity contribution in [2.45, 2.75) is 39.5 Å². The zero-order valence-corrected chi connectivity index (χ0v) is 14.1. The highest BCUT2D eigenvalue weighted by Crippen LogP contribution is 2.13. The largest absolute Gasteiger partial charge is 0.494 e. The zero-order chi connectivity index (χ0) is 16.5. The molecule has 0 atom stereocenters. The smallest absolute Gasteiger partial charge is 0.150 e. The fourth-order valence-corrected chi connectivity index (χ4v) is 2.58. The molecule has 0 fully saturated rings. The van der Waals surface area contributed by atoms with E-state index in [9.17, 15) is 4.79 Å². The summed E-state index contributed by atoms with van der Waals surface area (Å²) in [6.45, 7) is 5.21. The summed E-state index contributed by atoms with van der Waals surface area (Å²) in [5, 5.41) is 0. The van der Waals surface area contributed by atoms with E-state index in [0.717, 1.165) is 37.7 Å². The highest BCUT2D eigenvalue weighted by molar-refractivity contribution is 5.74. The first kappa shape index (κ1) is 17.3. The minimum Gasteiger partial charge on any atom is -0.494 e. The lowest BCUT2D eigenvalue weighted by molar-refractivity contribution is 0.112. The van der Waals surface area contributed by atoms with E-state index in [1.807, 2.05) is 12.1 Å². The van der Waals surface area contributed by atoms with Crippen LogP contribution in [0.25, 0.3) is 0 Å². The van der Waals surface area contributed by atoms with E-state index < -0.39 is 0 Å². The number of aryl methyl sites for hydroxylation is 1. The first-order chi connectivity index (χ1) is 11.2. The van der Waals surface area contributed by atoms with Gasteiger partial charge in [0.1, 0.15) is 12.0 Å². The first-order valence-corrected chi connectivity index (χ1v) is 8.43. The van der Waals surface area contributed by atoms with Crippen molar-refractivity contribution in [1.82, 2.24) is 0 Å². The molecule has 122 valence electrons. The van der Waals surface area contributed by atoms with Crippen LogP contribution in [0.2, 0.25) is 0 Å². The Balaban J connectivity index is 1.65. The number of ether oxygens (including phenoxy) is 1. The van der Waals surface area contributed by atoms with Gasteiger partial charge in [0, 0.05) is 5.56 Å². The van der Waals surface area contributed by atoms with Crippen LogP contribution in [0.5, 0.6) is 5.75 Å². The summed E-state index contributed by atoms with van der Waals surface area (Å²) in [6.07, 6.45) is 5.24. The molecular weight excluding hydrogens is 284 g/mol. The standard InChI is InChI=1S/C21H26O2/c1-17(2)15-19-8-6-18(7-9-19)5-3-4-14-23-21-12-10-20(16-22)11-13-21/h6-13,16-17H,3-5,14-15H2,1-2H3. The van der Waals surface area contributed by atoms with Crippen LogP contribution in [-0.2, 0) is 12.8 Å². The maximum atomic E-state index is 10.6. The van der Waals surface area contributed by atoms with Crippen LogP contribution in [0.4, 0.5) is 0 Å². The van der Waals surface area contributed by atoms with Crippen molar-refractivity contribution < 1.29 is 9.53 Å². The Bertz CT molecular complexity index is 582. The molecule has 0 spiro atoms. The van der Waals surface area contributed by atoms with Gasteiger partial charge in [-0.3, -0.25) is 4.79 Å². The number of benzene rings is 2. The van der Waals surface area contributed by atoms with E-state index in [2.05, 4.69) is 38.1 Å². The zero-order valence-electron chi connectivity index (χ0n) is 14.1. The molecule has 2 aromatic carbocycles. The lowest BCUT2D eigenvalue weighted by Gasteiger charge is -2.08. The van der Waals surface area contributed by atoms with Crippen LogP contribution >= 0.6 is 0 Å². The van der Waals surface area contributed by atoms with Gasteiger partial charge in [0.05, 0.1) is 6.61 Å². The van der Waals surface area contributed by atoms with Gasteiger partial charge in [0.15, 0.2) is 0 Å². The Morgan fingerprint density at radius 3 is 2.17 bits per heavy atom. The summed E-state index contributed by atoms with van der Waals surface area (Å²) in [7, 11) is 0. The van der Waals surface area contributed by atoms with Crippen LogP contribution in [0.3, 0.4) is 0 Å². The molecule has 0 bridgehead atoms. The average Bonchev–Trinajstić information content (AvgIpc) is 2.56. The number of carbonyl (C=O) groups excluding carboxylic acids is 1. The molecule has 0 aliphatic rings. The van der Waals surface area contributed by atoms with Crippen molar-refractivity contribution in [3.05, 3.63) is 65.2 Å². The average molecular weight is 310 g/mol. The first-order valence-electron chi connectivity index (χ1n) is 8.43. The highest BCUT2D eigenvalue weighted by atomic mass is 16.5. The molecule has 2 nitrogen and oxygen atoms in total. The number of hydrogen-bond acceptors (Lipinski definition) is 2. The Morgan fingerprint density at radius 2 is 1.57 bits per heavy atom. The molecule has 2 heteroatoms. The van der Waals surface area contributed by atoms with Gasteiger partial charge in [-0.25, -0.2) is 0 Å². The van der Waals surface area contributed by atoms with Gasteiger partial charge < -0.3 is 4.74 Å². The van der Waals surface area contributed by atoms with E-state index in [-0.39, 0.29) is 0 Å². The van der Waals surface area contributed by atoms with E-state index >= 15 is 0 Å². The highest BCUT2D eigenvalue weighted by Gasteiger charge is 1.99. The summed E-state index contributed by atoms with van der Waals surface area (Å²) in [6, 6.07) is 16.2. The predicted molar refractivity (Wildman–Crippen MR) is 95.2 cm³/mol. The van der Waals surface area contributed by atoms with Crippen molar-refractivity contribution in [3.63, 3.8) is 0 Å². The summed E-state index contributed by atoms with van der Waals surface area (Å²) in [5.74, 6) is 1.53. The molecule has 2 rings (SSSR count). The second-order valence-electron chi connectivity index (χ2n) is 6.41. The molecule has 0 unspecified atom stereocenters. The van der Waals surface area contributed by atoms with Crippen LogP contribution in [0.1, 0.15) is 48.2 Å². The molecule has 0 amide bonds. The molecule has 0 radical (unpaired) electrons. The van der Waals surface area contributed by atoms with Gasteiger partial charge >= 0.3 is 0 Å². The quantitative estimate of drug-likeness (QED) is 0.476. The summed E-state index contributed by atoms with van der Waals surface area (Å²) >= 11 is 0. The molecule has 0 aliphatic heterocycles. The SMILES string of the molecule is CC(C)Cc1ccc(CCCCOc2ccc(C=O)cc2)cc1. The van der Waals surface area contributed by atoms with Gasteiger partial charge in [-0.15, -0.1) is 0 Å². The van der Waals surface area contributed by atoms with Crippen molar-refractivity contribution in [1.29, 1.82) is 0 Å². The van der Waals surface area contributed by atoms with Gasteiger partial charge in [-0.1, -0.05) is 38.1 Å². The lowest BCUT2D eigenvalue weighted by atomic mass is 10.0. The van der Waals surface area contributed by atoms with Gasteiger partial charge in [-0.2, -0.15) is 0 Å². The Labute approximate surface area is 139 Å². The molecule has 0 heterocycles. The van der Waals surface area contributed by atoms with Crippen LogP contribution in [0.15, 0.2) is 48.5 Å². The normalized spacial score (nSPS) is 10.7. The van der Waals surface area contributed by atoms with Crippen LogP contribution in [-0.4, -0.2) is 12.9 Å². The topological polar surface area (TPSA) is 26.3 Å². The van der Waals surface area contributed by atoms with Crippen molar-refractivity contribution in [3.8, 4) is 5.75 Å². The third-order valence-electron chi connectivity index (χ3n) is 3.81. The number of unbranched alkanes of at least 4 members (excludes halogenated alkanes) is 1. The van der Waals surface area contributed by atoms with E-state index in [0.29, 0.717) is 18.1 Å². The maximum absolute atomic E-state index is 10.6. The Kier molecular flexibility index (Phi) is 6.86. The minimum atomic E-state index is 0.679. The van der Waals surface area contributed by atoms with Gasteiger partial charge in [0.25, 0.3) is 0 Å². The Hall–Kier alpha value is -2.09. The fourth-order valence-electron chi connectivity index (χ4n) is 2.58. The van der Waals surface area contributed by atoms with E-state index in [4.69, 9.17) is 4.74 Å². The molecule has 0 aliphatic carbocycles. The molecule has 0 N–H and O–H groups in total. The summed E-state index contributed by atoms with van der Waals surface area (Å²) in [5.41, 5.74) is 3.50. The molecule has 23 heavy (non-hydrogen) atoms. The van der Waals surface area contributed by atoms with Crippen molar-refractivity contribution in [2.75, 3.05) is 6.61 Å². The molecule has 0 aromatic heterocycles. The van der Waals surface area contributed by atoms with Crippen molar-refractivity contribution >= 4 is 6.29 Å². The Morgan fingerprint density at radius 1 is 0.913 bits per heavy atom. The van der Waals surface area contributed by atoms with E-state index in [1.165, 1.54) is 11.1 Å².